The highest BCUT2D eigenvalue weighted by Crippen LogP contribution is 2.20. The van der Waals surface area contributed by atoms with Gasteiger partial charge in [-0.1, -0.05) is 12.2 Å². The van der Waals surface area contributed by atoms with Gasteiger partial charge in [0.05, 0.1) is 6.61 Å². The number of rotatable bonds is 1. The molecule has 0 aliphatic heterocycles. The summed E-state index contributed by atoms with van der Waals surface area (Å²) < 4.78 is 0. The summed E-state index contributed by atoms with van der Waals surface area (Å²) >= 11 is 4.17. The smallest absolute Gasteiger partial charge is 0.0655 e. The first kappa shape index (κ1) is 6.90. The Morgan fingerprint density at radius 2 is 2.44 bits per heavy atom. The fourth-order valence-corrected chi connectivity index (χ4v) is 1.15. The highest BCUT2D eigenvalue weighted by atomic mass is 32.1. The monoisotopic (exact) mass is 142 g/mol. The molecular formula is C7H10OS. The second kappa shape index (κ2) is 3.08. The average Bonchev–Trinajstić information content (AvgIpc) is 1.89. The standard InChI is InChI=1S/C7H10OS/c8-5-6-3-1-2-4-7(6)9/h2,4,8-9H,1,3,5H2. The van der Waals surface area contributed by atoms with E-state index < -0.39 is 0 Å². The molecule has 0 bridgehead atoms. The molecule has 2 heteroatoms. The minimum atomic E-state index is 0.156. The van der Waals surface area contributed by atoms with Gasteiger partial charge in [0.2, 0.25) is 0 Å². The molecule has 0 radical (unpaired) electrons. The predicted octanol–water partition coefficient (Wildman–Crippen LogP) is 1.51. The van der Waals surface area contributed by atoms with Crippen molar-refractivity contribution in [2.45, 2.75) is 12.8 Å². The number of aliphatic hydroxyl groups is 1. The lowest BCUT2D eigenvalue weighted by atomic mass is 10.1. The van der Waals surface area contributed by atoms with Crippen molar-refractivity contribution < 1.29 is 5.11 Å². The van der Waals surface area contributed by atoms with Gasteiger partial charge in [0, 0.05) is 4.91 Å². The van der Waals surface area contributed by atoms with Gasteiger partial charge in [-0.2, -0.15) is 0 Å². The molecule has 0 aromatic rings. The van der Waals surface area contributed by atoms with Crippen molar-refractivity contribution in [1.82, 2.24) is 0 Å². The van der Waals surface area contributed by atoms with E-state index in [0.29, 0.717) is 0 Å². The number of aliphatic hydroxyl groups excluding tert-OH is 1. The third kappa shape index (κ3) is 1.60. The minimum absolute atomic E-state index is 0.156. The fraction of sp³-hybridized carbons (Fsp3) is 0.429. The number of hydrogen-bond donors (Lipinski definition) is 2. The van der Waals surface area contributed by atoms with E-state index >= 15 is 0 Å². The lowest BCUT2D eigenvalue weighted by Crippen LogP contribution is -1.95. The van der Waals surface area contributed by atoms with Gasteiger partial charge in [-0.05, 0) is 18.4 Å². The molecule has 9 heavy (non-hydrogen) atoms. The number of thiol groups is 1. The van der Waals surface area contributed by atoms with Crippen LogP contribution in [0.5, 0.6) is 0 Å². The van der Waals surface area contributed by atoms with Gasteiger partial charge in [-0.3, -0.25) is 0 Å². The zero-order chi connectivity index (χ0) is 6.69. The SMILES string of the molecule is OCC1=C(S)C=CCC1. The van der Waals surface area contributed by atoms with Crippen LogP contribution in [0.3, 0.4) is 0 Å². The Bertz CT molecular complexity index is 158. The van der Waals surface area contributed by atoms with Crippen LogP contribution in [-0.2, 0) is 0 Å². The Kier molecular flexibility index (Phi) is 2.37. The highest BCUT2D eigenvalue weighted by molar-refractivity contribution is 7.84. The largest absolute Gasteiger partial charge is 0.392 e. The second-order valence-corrected chi connectivity index (χ2v) is 2.57. The summed E-state index contributed by atoms with van der Waals surface area (Å²) in [6.45, 7) is 0.156. The minimum Gasteiger partial charge on any atom is -0.392 e. The Balaban J connectivity index is 2.72. The Morgan fingerprint density at radius 3 is 2.89 bits per heavy atom. The molecule has 0 saturated heterocycles. The summed E-state index contributed by atoms with van der Waals surface area (Å²) in [5.41, 5.74) is 1.06. The van der Waals surface area contributed by atoms with E-state index in [-0.39, 0.29) is 6.61 Å². The lowest BCUT2D eigenvalue weighted by molar-refractivity contribution is 0.326. The van der Waals surface area contributed by atoms with Crippen LogP contribution in [0.2, 0.25) is 0 Å². The molecule has 1 rings (SSSR count). The molecule has 0 spiro atoms. The summed E-state index contributed by atoms with van der Waals surface area (Å²) in [6.07, 6.45) is 6.02. The second-order valence-electron chi connectivity index (χ2n) is 2.09. The average molecular weight is 142 g/mol. The third-order valence-electron chi connectivity index (χ3n) is 1.44. The summed E-state index contributed by atoms with van der Waals surface area (Å²) in [5, 5.41) is 8.72. The zero-order valence-corrected chi connectivity index (χ0v) is 6.06. The van der Waals surface area contributed by atoms with Crippen LogP contribution >= 0.6 is 12.6 Å². The Morgan fingerprint density at radius 1 is 1.67 bits per heavy atom. The van der Waals surface area contributed by atoms with Crippen molar-refractivity contribution in [3.8, 4) is 0 Å². The normalized spacial score (nSPS) is 18.9. The van der Waals surface area contributed by atoms with E-state index in [1.807, 2.05) is 6.08 Å². The van der Waals surface area contributed by atoms with Crippen molar-refractivity contribution in [2.75, 3.05) is 6.61 Å². The summed E-state index contributed by atoms with van der Waals surface area (Å²) in [7, 11) is 0. The molecule has 0 amide bonds. The summed E-state index contributed by atoms with van der Waals surface area (Å²) in [5.74, 6) is 0. The fourth-order valence-electron chi connectivity index (χ4n) is 0.859. The number of hydrogen-bond acceptors (Lipinski definition) is 2. The molecule has 0 atom stereocenters. The van der Waals surface area contributed by atoms with E-state index in [9.17, 15) is 0 Å². The van der Waals surface area contributed by atoms with Crippen LogP contribution in [-0.4, -0.2) is 11.7 Å². The lowest BCUT2D eigenvalue weighted by Gasteiger charge is -2.08. The summed E-state index contributed by atoms with van der Waals surface area (Å²) in [4.78, 5) is 0.934. The van der Waals surface area contributed by atoms with Crippen LogP contribution in [0.25, 0.3) is 0 Å². The van der Waals surface area contributed by atoms with Crippen LogP contribution < -0.4 is 0 Å². The van der Waals surface area contributed by atoms with Crippen molar-refractivity contribution in [3.05, 3.63) is 22.6 Å². The molecule has 0 fully saturated rings. The molecule has 1 aliphatic carbocycles. The van der Waals surface area contributed by atoms with Crippen molar-refractivity contribution in [1.29, 1.82) is 0 Å². The molecule has 1 nitrogen and oxygen atoms in total. The van der Waals surface area contributed by atoms with Gasteiger partial charge < -0.3 is 5.11 Å². The van der Waals surface area contributed by atoms with Crippen LogP contribution in [0, 0.1) is 0 Å². The van der Waals surface area contributed by atoms with Gasteiger partial charge in [0.1, 0.15) is 0 Å². The first-order valence-corrected chi connectivity index (χ1v) is 3.47. The molecule has 0 unspecified atom stereocenters. The summed E-state index contributed by atoms with van der Waals surface area (Å²) in [6, 6.07) is 0. The van der Waals surface area contributed by atoms with Crippen molar-refractivity contribution >= 4 is 12.6 Å². The van der Waals surface area contributed by atoms with Crippen LogP contribution in [0.1, 0.15) is 12.8 Å². The zero-order valence-electron chi connectivity index (χ0n) is 5.17. The van der Waals surface area contributed by atoms with E-state index in [4.69, 9.17) is 5.11 Å². The quantitative estimate of drug-likeness (QED) is 0.532. The molecule has 1 aliphatic rings. The first-order chi connectivity index (χ1) is 4.34. The van der Waals surface area contributed by atoms with Gasteiger partial charge in [-0.15, -0.1) is 12.6 Å². The maximum Gasteiger partial charge on any atom is 0.0655 e. The van der Waals surface area contributed by atoms with E-state index in [1.165, 1.54) is 0 Å². The molecular weight excluding hydrogens is 132 g/mol. The van der Waals surface area contributed by atoms with Gasteiger partial charge in [0.15, 0.2) is 0 Å². The molecule has 0 heterocycles. The third-order valence-corrected chi connectivity index (χ3v) is 1.91. The van der Waals surface area contributed by atoms with E-state index in [2.05, 4.69) is 18.7 Å². The van der Waals surface area contributed by atoms with Gasteiger partial charge in [-0.25, -0.2) is 0 Å². The van der Waals surface area contributed by atoms with Crippen LogP contribution in [0.15, 0.2) is 22.6 Å². The maximum absolute atomic E-state index is 8.72. The number of allylic oxidation sites excluding steroid dienone is 2. The van der Waals surface area contributed by atoms with Crippen molar-refractivity contribution in [2.24, 2.45) is 0 Å². The predicted molar refractivity (Wildman–Crippen MR) is 41.5 cm³/mol. The Labute approximate surface area is 60.5 Å². The molecule has 50 valence electrons. The highest BCUT2D eigenvalue weighted by Gasteiger charge is 2.02. The Hall–Kier alpha value is -0.210. The van der Waals surface area contributed by atoms with Gasteiger partial charge in [0.25, 0.3) is 0 Å². The molecule has 0 saturated carbocycles. The maximum atomic E-state index is 8.72. The van der Waals surface area contributed by atoms with E-state index in [1.54, 1.807) is 0 Å². The molecule has 1 N–H and O–H groups in total. The van der Waals surface area contributed by atoms with Crippen molar-refractivity contribution in [3.63, 3.8) is 0 Å². The molecule has 0 aromatic heterocycles. The van der Waals surface area contributed by atoms with Gasteiger partial charge >= 0.3 is 0 Å². The van der Waals surface area contributed by atoms with E-state index in [0.717, 1.165) is 23.3 Å². The molecule has 0 aromatic carbocycles. The topological polar surface area (TPSA) is 20.2 Å². The first-order valence-electron chi connectivity index (χ1n) is 3.03. The van der Waals surface area contributed by atoms with Crippen LogP contribution in [0.4, 0.5) is 0 Å².